The second-order valence-electron chi connectivity index (χ2n) is 7.02. The van der Waals surface area contributed by atoms with Crippen molar-refractivity contribution in [3.63, 3.8) is 0 Å². The van der Waals surface area contributed by atoms with Crippen molar-refractivity contribution in [1.29, 1.82) is 0 Å². The summed E-state index contributed by atoms with van der Waals surface area (Å²) in [4.78, 5) is 29.6. The predicted octanol–water partition coefficient (Wildman–Crippen LogP) is 2.13. The van der Waals surface area contributed by atoms with Crippen LogP contribution in [0.3, 0.4) is 0 Å². The van der Waals surface area contributed by atoms with Gasteiger partial charge in [-0.3, -0.25) is 9.59 Å². The molecule has 6 nitrogen and oxygen atoms in total. The molecule has 2 unspecified atom stereocenters. The van der Waals surface area contributed by atoms with E-state index >= 15 is 0 Å². The number of anilines is 2. The molecule has 0 spiro atoms. The summed E-state index contributed by atoms with van der Waals surface area (Å²) in [6.07, 6.45) is 5.23. The molecule has 3 rings (SSSR count). The van der Waals surface area contributed by atoms with Crippen molar-refractivity contribution < 1.29 is 14.3 Å². The number of carbonyl (C=O) groups excluding carboxylic acids is 2. The number of amides is 2. The number of morpholine rings is 1. The van der Waals surface area contributed by atoms with Crippen LogP contribution < -0.4 is 10.2 Å². The highest BCUT2D eigenvalue weighted by molar-refractivity contribution is 5.96. The molecule has 2 atom stereocenters. The highest BCUT2D eigenvalue weighted by atomic mass is 16.5. The van der Waals surface area contributed by atoms with Gasteiger partial charge in [0.2, 0.25) is 11.8 Å². The smallest absolute Gasteiger partial charge is 0.228 e. The Bertz CT molecular complexity index is 663. The van der Waals surface area contributed by atoms with Gasteiger partial charge in [-0.15, -0.1) is 0 Å². The quantitative estimate of drug-likeness (QED) is 0.839. The zero-order chi connectivity index (χ0) is 18.5. The molecule has 0 saturated carbocycles. The lowest BCUT2D eigenvalue weighted by atomic mass is 9.81. The average molecular weight is 357 g/mol. The maximum Gasteiger partial charge on any atom is 0.228 e. The van der Waals surface area contributed by atoms with Gasteiger partial charge in [-0.05, 0) is 37.1 Å². The molecule has 1 aromatic rings. The standard InChI is InChI=1S/C20H27N3O3/c1-22(2)16-9-7-15(8-10-16)21-19(24)17-5-3-4-6-18(17)20(25)23-11-13-26-14-12-23/h3-4,7-10,17-18H,5-6,11-14H2,1-2H3,(H,21,24). The van der Waals surface area contributed by atoms with E-state index in [0.717, 1.165) is 11.4 Å². The fraction of sp³-hybridized carbons (Fsp3) is 0.500. The topological polar surface area (TPSA) is 61.9 Å². The Hall–Kier alpha value is -2.34. The fourth-order valence-corrected chi connectivity index (χ4v) is 3.47. The Morgan fingerprint density at radius 1 is 1.04 bits per heavy atom. The Labute approximate surface area is 154 Å². The Kier molecular flexibility index (Phi) is 5.93. The molecule has 0 bridgehead atoms. The zero-order valence-electron chi connectivity index (χ0n) is 15.5. The summed E-state index contributed by atoms with van der Waals surface area (Å²) < 4.78 is 5.33. The van der Waals surface area contributed by atoms with Gasteiger partial charge in [-0.1, -0.05) is 12.2 Å². The molecule has 1 fully saturated rings. The molecule has 140 valence electrons. The zero-order valence-corrected chi connectivity index (χ0v) is 15.5. The molecule has 2 amide bonds. The molecule has 26 heavy (non-hydrogen) atoms. The fourth-order valence-electron chi connectivity index (χ4n) is 3.47. The summed E-state index contributed by atoms with van der Waals surface area (Å²) in [5, 5.41) is 2.98. The number of benzene rings is 1. The van der Waals surface area contributed by atoms with Gasteiger partial charge >= 0.3 is 0 Å². The summed E-state index contributed by atoms with van der Waals surface area (Å²) >= 11 is 0. The van der Waals surface area contributed by atoms with E-state index in [1.54, 1.807) is 0 Å². The minimum Gasteiger partial charge on any atom is -0.378 e. The van der Waals surface area contributed by atoms with E-state index in [-0.39, 0.29) is 23.7 Å². The Balaban J connectivity index is 1.67. The Morgan fingerprint density at radius 2 is 1.65 bits per heavy atom. The number of hydrogen-bond acceptors (Lipinski definition) is 4. The molecular formula is C20H27N3O3. The maximum atomic E-state index is 12.9. The lowest BCUT2D eigenvalue weighted by molar-refractivity contribution is -0.144. The highest BCUT2D eigenvalue weighted by Gasteiger charge is 2.36. The number of rotatable bonds is 4. The number of nitrogens with zero attached hydrogens (tertiary/aromatic N) is 2. The third kappa shape index (κ3) is 4.25. The monoisotopic (exact) mass is 357 g/mol. The van der Waals surface area contributed by atoms with Gasteiger partial charge in [0.05, 0.1) is 25.0 Å². The second kappa shape index (κ2) is 8.36. The van der Waals surface area contributed by atoms with Crippen LogP contribution >= 0.6 is 0 Å². The minimum atomic E-state index is -0.330. The van der Waals surface area contributed by atoms with Crippen LogP contribution in [0.4, 0.5) is 11.4 Å². The predicted molar refractivity (Wildman–Crippen MR) is 102 cm³/mol. The summed E-state index contributed by atoms with van der Waals surface area (Å²) in [6, 6.07) is 7.72. The van der Waals surface area contributed by atoms with E-state index in [2.05, 4.69) is 5.32 Å². The first-order chi connectivity index (χ1) is 12.6. The lowest BCUT2D eigenvalue weighted by Crippen LogP contribution is -2.47. The van der Waals surface area contributed by atoms with E-state index in [9.17, 15) is 9.59 Å². The number of nitrogens with one attached hydrogen (secondary N) is 1. The third-order valence-electron chi connectivity index (χ3n) is 5.06. The first-order valence-electron chi connectivity index (χ1n) is 9.16. The highest BCUT2D eigenvalue weighted by Crippen LogP contribution is 2.29. The number of allylic oxidation sites excluding steroid dienone is 2. The van der Waals surface area contributed by atoms with Crippen LogP contribution in [-0.4, -0.2) is 57.1 Å². The average Bonchev–Trinajstić information content (AvgIpc) is 2.68. The van der Waals surface area contributed by atoms with Crippen molar-refractivity contribution in [2.75, 3.05) is 50.6 Å². The minimum absolute atomic E-state index is 0.0701. The Morgan fingerprint density at radius 3 is 2.27 bits per heavy atom. The van der Waals surface area contributed by atoms with Crippen molar-refractivity contribution in [2.45, 2.75) is 12.8 Å². The molecular weight excluding hydrogens is 330 g/mol. The van der Waals surface area contributed by atoms with Crippen molar-refractivity contribution in [2.24, 2.45) is 11.8 Å². The molecule has 1 heterocycles. The van der Waals surface area contributed by atoms with E-state index in [1.165, 1.54) is 0 Å². The molecule has 1 saturated heterocycles. The van der Waals surface area contributed by atoms with Gasteiger partial charge in [-0.25, -0.2) is 0 Å². The summed E-state index contributed by atoms with van der Waals surface area (Å²) in [7, 11) is 3.95. The van der Waals surface area contributed by atoms with Crippen LogP contribution in [0.2, 0.25) is 0 Å². The van der Waals surface area contributed by atoms with Crippen LogP contribution in [0.5, 0.6) is 0 Å². The molecule has 0 aromatic heterocycles. The third-order valence-corrected chi connectivity index (χ3v) is 5.06. The summed E-state index contributed by atoms with van der Waals surface area (Å²) in [5.41, 5.74) is 1.83. The van der Waals surface area contributed by atoms with E-state index in [4.69, 9.17) is 4.74 Å². The van der Waals surface area contributed by atoms with Crippen molar-refractivity contribution >= 4 is 23.2 Å². The van der Waals surface area contributed by atoms with Gasteiger partial charge in [0.15, 0.2) is 0 Å². The summed E-state index contributed by atoms with van der Waals surface area (Å²) in [6.45, 7) is 2.37. The molecule has 0 radical (unpaired) electrons. The van der Waals surface area contributed by atoms with Crippen LogP contribution in [-0.2, 0) is 14.3 Å². The normalized spacial score (nSPS) is 22.8. The van der Waals surface area contributed by atoms with Crippen LogP contribution in [0.1, 0.15) is 12.8 Å². The second-order valence-corrected chi connectivity index (χ2v) is 7.02. The van der Waals surface area contributed by atoms with Gasteiger partial charge in [0, 0.05) is 38.6 Å². The SMILES string of the molecule is CN(C)c1ccc(NC(=O)C2CC=CCC2C(=O)N2CCOCC2)cc1. The van der Waals surface area contributed by atoms with E-state index < -0.39 is 0 Å². The van der Waals surface area contributed by atoms with Gasteiger partial charge in [-0.2, -0.15) is 0 Å². The van der Waals surface area contributed by atoms with E-state index in [0.29, 0.717) is 39.1 Å². The van der Waals surface area contributed by atoms with Crippen molar-refractivity contribution in [1.82, 2.24) is 4.90 Å². The van der Waals surface area contributed by atoms with Crippen molar-refractivity contribution in [3.8, 4) is 0 Å². The number of ether oxygens (including phenoxy) is 1. The van der Waals surface area contributed by atoms with Crippen LogP contribution in [0.25, 0.3) is 0 Å². The lowest BCUT2D eigenvalue weighted by Gasteiger charge is -2.34. The number of hydrogen-bond donors (Lipinski definition) is 1. The molecule has 2 aliphatic rings. The first kappa shape index (κ1) is 18.5. The van der Waals surface area contributed by atoms with Crippen LogP contribution in [0, 0.1) is 11.8 Å². The van der Waals surface area contributed by atoms with Gasteiger partial charge in [0.1, 0.15) is 0 Å². The van der Waals surface area contributed by atoms with Gasteiger partial charge < -0.3 is 19.9 Å². The van der Waals surface area contributed by atoms with Gasteiger partial charge in [0.25, 0.3) is 0 Å². The largest absolute Gasteiger partial charge is 0.378 e. The molecule has 6 heteroatoms. The maximum absolute atomic E-state index is 12.9. The molecule has 1 aromatic carbocycles. The number of carbonyl (C=O) groups is 2. The molecule has 1 N–H and O–H groups in total. The molecule has 1 aliphatic heterocycles. The summed E-state index contributed by atoms with van der Waals surface area (Å²) in [5.74, 6) is -0.637. The van der Waals surface area contributed by atoms with Crippen LogP contribution in [0.15, 0.2) is 36.4 Å². The first-order valence-corrected chi connectivity index (χ1v) is 9.16. The van der Waals surface area contributed by atoms with Crippen molar-refractivity contribution in [3.05, 3.63) is 36.4 Å². The molecule has 1 aliphatic carbocycles. The van der Waals surface area contributed by atoms with E-state index in [1.807, 2.05) is 60.3 Å².